The third-order valence-electron chi connectivity index (χ3n) is 4.21. The Morgan fingerprint density at radius 2 is 2.10 bits per heavy atom. The second kappa shape index (κ2) is 6.27. The van der Waals surface area contributed by atoms with E-state index in [1.54, 1.807) is 7.11 Å². The summed E-state index contributed by atoms with van der Waals surface area (Å²) in [6.07, 6.45) is 3.19. The molecule has 2 rings (SSSR count). The summed E-state index contributed by atoms with van der Waals surface area (Å²) >= 11 is 3.40. The predicted octanol–water partition coefficient (Wildman–Crippen LogP) is 3.51. The third-order valence-corrected chi connectivity index (χ3v) is 4.71. The second-order valence-corrected chi connectivity index (χ2v) is 6.69. The van der Waals surface area contributed by atoms with Crippen LogP contribution in [0.15, 0.2) is 22.7 Å². The van der Waals surface area contributed by atoms with Crippen LogP contribution in [0.1, 0.15) is 38.2 Å². The number of methoxy groups -OCH3 is 1. The molecule has 4 heteroatoms. The Morgan fingerprint density at radius 3 is 2.70 bits per heavy atom. The van der Waals surface area contributed by atoms with Gasteiger partial charge >= 0.3 is 0 Å². The third kappa shape index (κ3) is 3.41. The first-order valence-electron chi connectivity index (χ1n) is 7.03. The molecule has 110 valence electrons. The zero-order valence-electron chi connectivity index (χ0n) is 12.0. The van der Waals surface area contributed by atoms with Crippen molar-refractivity contribution in [2.24, 2.45) is 5.92 Å². The van der Waals surface area contributed by atoms with E-state index in [4.69, 9.17) is 4.74 Å². The van der Waals surface area contributed by atoms with Crippen molar-refractivity contribution >= 4 is 21.7 Å². The van der Waals surface area contributed by atoms with Crippen LogP contribution in [0.4, 0.5) is 0 Å². The minimum atomic E-state index is -1.15. The molecule has 1 aliphatic rings. The summed E-state index contributed by atoms with van der Waals surface area (Å²) in [5, 5.41) is 10.5. The van der Waals surface area contributed by atoms with Crippen molar-refractivity contribution in [3.63, 3.8) is 0 Å². The summed E-state index contributed by atoms with van der Waals surface area (Å²) < 4.78 is 6.19. The summed E-state index contributed by atoms with van der Waals surface area (Å²) in [4.78, 5) is 12.5. The number of aliphatic hydroxyl groups is 1. The van der Waals surface area contributed by atoms with Gasteiger partial charge in [0.2, 0.25) is 0 Å². The molecule has 0 heterocycles. The number of halogens is 1. The number of ether oxygens (including phenoxy) is 1. The Balaban J connectivity index is 2.13. The number of hydrogen-bond acceptors (Lipinski definition) is 3. The Morgan fingerprint density at radius 1 is 1.45 bits per heavy atom. The van der Waals surface area contributed by atoms with Crippen LogP contribution < -0.4 is 4.74 Å². The molecule has 0 atom stereocenters. The lowest BCUT2D eigenvalue weighted by Gasteiger charge is -2.33. The van der Waals surface area contributed by atoms with Crippen molar-refractivity contribution < 1.29 is 14.6 Å². The molecule has 1 fully saturated rings. The number of rotatable bonds is 4. The summed E-state index contributed by atoms with van der Waals surface area (Å²) in [6.45, 7) is 2.17. The molecule has 20 heavy (non-hydrogen) atoms. The van der Waals surface area contributed by atoms with E-state index in [0.29, 0.717) is 24.5 Å². The molecule has 0 spiro atoms. The van der Waals surface area contributed by atoms with Crippen molar-refractivity contribution in [1.29, 1.82) is 0 Å². The first kappa shape index (κ1) is 15.5. The van der Waals surface area contributed by atoms with Crippen LogP contribution in [0.5, 0.6) is 5.75 Å². The fraction of sp³-hybridized carbons (Fsp3) is 0.562. The maximum atomic E-state index is 12.5. The van der Waals surface area contributed by atoms with Crippen molar-refractivity contribution in [2.45, 2.75) is 44.6 Å². The highest BCUT2D eigenvalue weighted by Gasteiger charge is 2.38. The molecule has 1 aromatic carbocycles. The van der Waals surface area contributed by atoms with Gasteiger partial charge in [-0.1, -0.05) is 22.9 Å². The molecular weight excluding hydrogens is 320 g/mol. The minimum Gasteiger partial charge on any atom is -0.496 e. The van der Waals surface area contributed by atoms with E-state index in [1.165, 1.54) is 0 Å². The Bertz CT molecular complexity index is 490. The molecule has 1 aliphatic carbocycles. The number of carbonyl (C=O) groups excluding carboxylic acids is 1. The standard InChI is InChI=1S/C16H21BrO3/c1-11-5-7-16(19,8-6-11)15(18)10-12-9-13(17)3-4-14(12)20-2/h3-4,9,11,19H,5-8,10H2,1-2H3. The fourth-order valence-corrected chi connectivity index (χ4v) is 3.15. The highest BCUT2D eigenvalue weighted by molar-refractivity contribution is 9.10. The number of hydrogen-bond donors (Lipinski definition) is 1. The van der Waals surface area contributed by atoms with Crippen LogP contribution in [0.3, 0.4) is 0 Å². The van der Waals surface area contributed by atoms with Crippen molar-refractivity contribution in [3.8, 4) is 5.75 Å². The zero-order chi connectivity index (χ0) is 14.8. The van der Waals surface area contributed by atoms with Gasteiger partial charge in [-0.05, 0) is 49.8 Å². The lowest BCUT2D eigenvalue weighted by molar-refractivity contribution is -0.140. The Labute approximate surface area is 128 Å². The minimum absolute atomic E-state index is 0.0965. The van der Waals surface area contributed by atoms with Gasteiger partial charge in [-0.3, -0.25) is 4.79 Å². The van der Waals surface area contributed by atoms with Crippen molar-refractivity contribution in [2.75, 3.05) is 7.11 Å². The SMILES string of the molecule is COc1ccc(Br)cc1CC(=O)C1(O)CCC(C)CC1. The van der Waals surface area contributed by atoms with E-state index in [0.717, 1.165) is 22.9 Å². The van der Waals surface area contributed by atoms with Gasteiger partial charge in [0, 0.05) is 16.5 Å². The fourth-order valence-electron chi connectivity index (χ4n) is 2.74. The second-order valence-electron chi connectivity index (χ2n) is 5.77. The first-order chi connectivity index (χ1) is 9.44. The molecule has 0 saturated heterocycles. The highest BCUT2D eigenvalue weighted by atomic mass is 79.9. The van der Waals surface area contributed by atoms with Gasteiger partial charge in [0.05, 0.1) is 7.11 Å². The Kier molecular flexibility index (Phi) is 4.86. The van der Waals surface area contributed by atoms with E-state index in [2.05, 4.69) is 22.9 Å². The van der Waals surface area contributed by atoms with E-state index in [9.17, 15) is 9.90 Å². The molecule has 0 amide bonds. The van der Waals surface area contributed by atoms with E-state index in [1.807, 2.05) is 18.2 Å². The van der Waals surface area contributed by atoms with E-state index >= 15 is 0 Å². The monoisotopic (exact) mass is 340 g/mol. The highest BCUT2D eigenvalue weighted by Crippen LogP contribution is 2.34. The first-order valence-corrected chi connectivity index (χ1v) is 7.82. The van der Waals surface area contributed by atoms with Crippen LogP contribution in [0.2, 0.25) is 0 Å². The van der Waals surface area contributed by atoms with Crippen LogP contribution in [-0.2, 0) is 11.2 Å². The Hall–Kier alpha value is -0.870. The quantitative estimate of drug-likeness (QED) is 0.912. The lowest BCUT2D eigenvalue weighted by Crippen LogP contribution is -2.42. The maximum Gasteiger partial charge on any atom is 0.168 e. The number of carbonyl (C=O) groups is 1. The molecule has 0 unspecified atom stereocenters. The largest absolute Gasteiger partial charge is 0.496 e. The van der Waals surface area contributed by atoms with Crippen molar-refractivity contribution in [1.82, 2.24) is 0 Å². The van der Waals surface area contributed by atoms with Crippen LogP contribution in [0.25, 0.3) is 0 Å². The van der Waals surface area contributed by atoms with E-state index < -0.39 is 5.60 Å². The molecule has 0 aliphatic heterocycles. The normalized spacial score (nSPS) is 26.3. The van der Waals surface area contributed by atoms with E-state index in [-0.39, 0.29) is 12.2 Å². The smallest absolute Gasteiger partial charge is 0.168 e. The zero-order valence-corrected chi connectivity index (χ0v) is 13.6. The number of benzene rings is 1. The summed E-state index contributed by atoms with van der Waals surface area (Å²) in [7, 11) is 1.59. The molecule has 0 aromatic heterocycles. The average Bonchev–Trinajstić information content (AvgIpc) is 2.42. The van der Waals surface area contributed by atoms with Crippen LogP contribution in [0, 0.1) is 5.92 Å². The molecule has 1 aromatic rings. The maximum absolute atomic E-state index is 12.5. The lowest BCUT2D eigenvalue weighted by atomic mass is 9.76. The topological polar surface area (TPSA) is 46.5 Å². The van der Waals surface area contributed by atoms with Gasteiger partial charge in [0.15, 0.2) is 5.78 Å². The number of ketones is 1. The summed E-state index contributed by atoms with van der Waals surface area (Å²) in [6, 6.07) is 5.59. The van der Waals surface area contributed by atoms with Crippen LogP contribution in [-0.4, -0.2) is 23.6 Å². The van der Waals surface area contributed by atoms with Gasteiger partial charge in [-0.15, -0.1) is 0 Å². The van der Waals surface area contributed by atoms with Gasteiger partial charge in [0.25, 0.3) is 0 Å². The van der Waals surface area contributed by atoms with Gasteiger partial charge in [0.1, 0.15) is 11.4 Å². The van der Waals surface area contributed by atoms with Gasteiger partial charge in [-0.25, -0.2) is 0 Å². The molecule has 0 bridgehead atoms. The van der Waals surface area contributed by atoms with Crippen LogP contribution >= 0.6 is 15.9 Å². The van der Waals surface area contributed by atoms with Gasteiger partial charge < -0.3 is 9.84 Å². The number of Topliss-reactive ketones (excluding diaryl/α,β-unsaturated/α-hetero) is 1. The molecular formula is C16H21BrO3. The molecule has 1 N–H and O–H groups in total. The summed E-state index contributed by atoms with van der Waals surface area (Å²) in [5.41, 5.74) is -0.334. The average molecular weight is 341 g/mol. The molecule has 0 radical (unpaired) electrons. The molecule has 1 saturated carbocycles. The van der Waals surface area contributed by atoms with Crippen molar-refractivity contribution in [3.05, 3.63) is 28.2 Å². The summed E-state index contributed by atoms with van der Waals surface area (Å²) in [5.74, 6) is 1.19. The predicted molar refractivity (Wildman–Crippen MR) is 82.0 cm³/mol. The molecule has 3 nitrogen and oxygen atoms in total. The van der Waals surface area contributed by atoms with Gasteiger partial charge in [-0.2, -0.15) is 0 Å².